The Labute approximate surface area is 562 Å². The molecular weight excluding hydrogens is 1220 g/mol. The summed E-state index contributed by atoms with van der Waals surface area (Å²) in [5, 5.41) is 0. The third-order valence-electron chi connectivity index (χ3n) is 17.9. The van der Waals surface area contributed by atoms with Crippen LogP contribution in [0.3, 0.4) is 0 Å². The number of hydrogen-bond donors (Lipinski definition) is 0. The van der Waals surface area contributed by atoms with Gasteiger partial charge in [0.05, 0.1) is 18.0 Å². The normalized spacial score (nSPS) is 24.0. The zero-order chi connectivity index (χ0) is 78.4. The van der Waals surface area contributed by atoms with E-state index >= 15 is 0 Å². The highest BCUT2D eigenvalue weighted by molar-refractivity contribution is 4.89. The summed E-state index contributed by atoms with van der Waals surface area (Å²) in [5.41, 5.74) is -4.22. The zero-order valence-electron chi connectivity index (χ0n) is 67.8. The molecule has 17 heteroatoms. The Bertz CT molecular complexity index is 1690. The largest absolute Gasteiger partial charge is 0.402 e. The van der Waals surface area contributed by atoms with Gasteiger partial charge in [0, 0.05) is 22.4 Å². The summed E-state index contributed by atoms with van der Waals surface area (Å²) in [6.07, 6.45) is -7.30. The molecule has 0 amide bonds. The van der Waals surface area contributed by atoms with Crippen LogP contribution in [-0.4, -0.2) is 43.7 Å². The van der Waals surface area contributed by atoms with E-state index in [0.717, 1.165) is 43.4 Å². The fraction of sp³-hybridized carbons (Fsp3) is 1.00. The second-order valence-corrected chi connectivity index (χ2v) is 31.6. The van der Waals surface area contributed by atoms with Gasteiger partial charge in [0.15, 0.2) is 5.41 Å². The van der Waals surface area contributed by atoms with Gasteiger partial charge in [-0.05, 0) is 128 Å². The Balaban J connectivity index is -0.000000147. The molecule has 0 aromatic carbocycles. The third kappa shape index (κ3) is 57.8. The predicted octanol–water partition coefficient (Wildman–Crippen LogP) is 31.4. The third-order valence-corrected chi connectivity index (χ3v) is 17.9. The molecule has 3 aliphatic carbocycles. The maximum absolute atomic E-state index is 12.3. The molecule has 0 bridgehead atoms. The average Bonchev–Trinajstić information content (AvgIpc) is 1.65. The van der Waals surface area contributed by atoms with Crippen molar-refractivity contribution in [1.29, 1.82) is 0 Å². The highest BCUT2D eigenvalue weighted by atomic mass is 19.4. The molecule has 0 N–H and O–H groups in total. The van der Waals surface area contributed by atoms with Crippen LogP contribution in [0.4, 0.5) is 74.6 Å². The Hall–Kier alpha value is -1.19. The number of rotatable bonds is 13. The summed E-state index contributed by atoms with van der Waals surface area (Å²) in [7, 11) is 0. The van der Waals surface area contributed by atoms with Crippen LogP contribution >= 0.6 is 0 Å². The van der Waals surface area contributed by atoms with Gasteiger partial charge < -0.3 is 0 Å². The maximum atomic E-state index is 12.3. The summed E-state index contributed by atoms with van der Waals surface area (Å²) in [6, 6.07) is 0. The lowest BCUT2D eigenvalue weighted by molar-refractivity contribution is -0.336. The summed E-state index contributed by atoms with van der Waals surface area (Å²) in [4.78, 5) is 0. The molecule has 8 unspecified atom stereocenters. The molecule has 0 heterocycles. The molecular formula is C75H149F17. The summed E-state index contributed by atoms with van der Waals surface area (Å²) in [6.45, 7) is 59.9. The van der Waals surface area contributed by atoms with Crippen molar-refractivity contribution in [3.63, 3.8) is 0 Å². The van der Waals surface area contributed by atoms with Gasteiger partial charge in [-0.3, -0.25) is 4.39 Å². The Morgan fingerprint density at radius 2 is 0.772 bits per heavy atom. The molecule has 3 fully saturated rings. The van der Waals surface area contributed by atoms with Gasteiger partial charge in [-0.2, -0.15) is 52.7 Å². The topological polar surface area (TPSA) is 0 Å². The van der Waals surface area contributed by atoms with E-state index in [1.807, 2.05) is 41.5 Å². The minimum absolute atomic E-state index is 0.0509. The van der Waals surface area contributed by atoms with Crippen LogP contribution in [-0.2, 0) is 0 Å². The monoisotopic (exact) mass is 1380 g/mol. The SMILES string of the molecule is CC1CCC(C)C1C.CC1C[C@H](C)CC1C(F)(F)F.CCC(C)(C)C(F)(F)F.CCC(F)(F)C(C)C.CCCC(C)(C(F)(F)F)C(F)(F)F.CCCC(C)(C)C.CCCC(C)(C)C.CCCC(C)C(F)F.CCCC(C)CF.[2H]C([2H])(C)C(C)(C)C.[2H]C1(C)C(C)CCC1C. The van der Waals surface area contributed by atoms with Gasteiger partial charge in [0.25, 0.3) is 0 Å². The van der Waals surface area contributed by atoms with Crippen molar-refractivity contribution in [1.82, 2.24) is 0 Å². The van der Waals surface area contributed by atoms with Gasteiger partial charge in [0.1, 0.15) is 0 Å². The predicted molar refractivity (Wildman–Crippen MR) is 364 cm³/mol. The molecule has 568 valence electrons. The van der Waals surface area contributed by atoms with E-state index in [4.69, 9.17) is 4.11 Å². The molecule has 0 spiro atoms. The van der Waals surface area contributed by atoms with Gasteiger partial charge in [-0.15, -0.1) is 0 Å². The van der Waals surface area contributed by atoms with Crippen LogP contribution in [0.5, 0.6) is 0 Å². The van der Waals surface area contributed by atoms with Crippen molar-refractivity contribution in [3.05, 3.63) is 0 Å². The molecule has 0 saturated heterocycles. The first-order chi connectivity index (χ1) is 41.9. The van der Waals surface area contributed by atoms with Crippen LogP contribution in [0.1, 0.15) is 348 Å². The molecule has 0 aromatic heterocycles. The molecule has 0 aliphatic heterocycles. The van der Waals surface area contributed by atoms with Crippen LogP contribution < -0.4 is 0 Å². The number of halogens is 17. The molecule has 92 heavy (non-hydrogen) atoms. The number of hydrogen-bond acceptors (Lipinski definition) is 0. The van der Waals surface area contributed by atoms with E-state index in [1.54, 1.807) is 20.8 Å². The fourth-order valence-electron chi connectivity index (χ4n) is 9.27. The first kappa shape index (κ1) is 99.5. The lowest BCUT2D eigenvalue weighted by atomic mass is 9.84. The van der Waals surface area contributed by atoms with E-state index in [-0.39, 0.29) is 61.9 Å². The minimum Gasteiger partial charge on any atom is -0.251 e. The number of alkyl halides is 17. The van der Waals surface area contributed by atoms with E-state index in [9.17, 15) is 74.6 Å². The lowest BCUT2D eigenvalue weighted by Crippen LogP contribution is -2.47. The minimum atomic E-state index is -5.23. The van der Waals surface area contributed by atoms with Crippen molar-refractivity contribution in [3.8, 4) is 0 Å². The molecule has 9 atom stereocenters. The van der Waals surface area contributed by atoms with Crippen molar-refractivity contribution in [2.24, 2.45) is 98.1 Å². The van der Waals surface area contributed by atoms with Crippen LogP contribution in [0, 0.1) is 98.1 Å². The van der Waals surface area contributed by atoms with Crippen molar-refractivity contribution in [2.45, 2.75) is 381 Å². The first-order valence-electron chi connectivity index (χ1n) is 36.4. The molecule has 0 nitrogen and oxygen atoms in total. The maximum Gasteiger partial charge on any atom is 0.402 e. The van der Waals surface area contributed by atoms with E-state index in [0.29, 0.717) is 35.5 Å². The molecule has 3 rings (SSSR count). The summed E-state index contributed by atoms with van der Waals surface area (Å²) >= 11 is 0. The van der Waals surface area contributed by atoms with Gasteiger partial charge in [0.2, 0.25) is 12.3 Å². The van der Waals surface area contributed by atoms with E-state index in [2.05, 4.69) is 104 Å². The van der Waals surface area contributed by atoms with Crippen LogP contribution in [0.25, 0.3) is 0 Å². The average molecular weight is 1380 g/mol. The van der Waals surface area contributed by atoms with E-state index < -0.39 is 78.4 Å². The Morgan fingerprint density at radius 1 is 0.435 bits per heavy atom. The molecule has 3 aliphatic rings. The van der Waals surface area contributed by atoms with Crippen LogP contribution in [0.2, 0.25) is 0 Å². The van der Waals surface area contributed by atoms with Crippen LogP contribution in [0.15, 0.2) is 0 Å². The highest BCUT2D eigenvalue weighted by Gasteiger charge is 2.66. The van der Waals surface area contributed by atoms with Gasteiger partial charge >= 0.3 is 24.7 Å². The summed E-state index contributed by atoms with van der Waals surface area (Å²) < 4.78 is 226. The molecule has 0 radical (unpaired) electrons. The molecule has 0 aromatic rings. The van der Waals surface area contributed by atoms with Gasteiger partial charge in [-0.25, -0.2) is 17.6 Å². The van der Waals surface area contributed by atoms with Gasteiger partial charge in [-0.1, -0.05) is 279 Å². The van der Waals surface area contributed by atoms with E-state index in [1.165, 1.54) is 99.8 Å². The summed E-state index contributed by atoms with van der Waals surface area (Å²) in [5.74, 6) is -0.0541. The smallest absolute Gasteiger partial charge is 0.251 e. The Kier molecular flexibility index (Phi) is 55.2. The van der Waals surface area contributed by atoms with Crippen molar-refractivity contribution >= 4 is 0 Å². The lowest BCUT2D eigenvalue weighted by Gasteiger charge is -2.33. The first-order valence-corrected chi connectivity index (χ1v) is 34.9. The second kappa shape index (κ2) is 51.0. The van der Waals surface area contributed by atoms with Crippen molar-refractivity contribution < 1.29 is 78.7 Å². The fourth-order valence-corrected chi connectivity index (χ4v) is 9.27. The standard InChI is InChI=1S/C8H13F3.2C8H16.C7H10F6.2C7H16.C6H11F3.2C6H12F2.C6H13F.C6H14/c1-5-3-6(2)7(4-5)8(9,10)11;2*1-6-4-5-7(2)8(6)3;1-3-4-5(2,6(8,9)10)7(11,12)13;2*1-5-6-7(2,3)4;1-4-5(2,3)6(7,8)9;1-4-6(7,8)5(2)3;1-3-4-5(2)6(7)8;1-3-4-6(2)5-7;1-5-6(2,3)4/h5-7H,3-4H2,1-2H3;2*6-8H,4-5H2,1-3H3;3-4H2,1-2H3;2*5-6H2,1-4H3;4H2,1-3H3;5H,4H2,1-3H3;5-6H,3-4H2,1-2H3;6H,3-5H2,1-2H3;5H2,1-4H3/t5-,6?,7?;;;;;;;;;;/m0........../s1/i;8D;;;;;;;;;5D2. The quantitative estimate of drug-likeness (QED) is 0.161. The highest BCUT2D eigenvalue weighted by Crippen LogP contribution is 2.53. The molecule has 3 saturated carbocycles. The second-order valence-electron chi connectivity index (χ2n) is 31.6. The van der Waals surface area contributed by atoms with Crippen molar-refractivity contribution in [2.75, 3.05) is 6.67 Å². The zero-order valence-corrected chi connectivity index (χ0v) is 64.8. The Morgan fingerprint density at radius 3 is 0.848 bits per heavy atom.